The van der Waals surface area contributed by atoms with Gasteiger partial charge in [0.15, 0.2) is 0 Å². The van der Waals surface area contributed by atoms with Crippen LogP contribution < -0.4 is 14.5 Å². The third-order valence-electron chi connectivity index (χ3n) is 6.49. The van der Waals surface area contributed by atoms with Crippen LogP contribution in [0.2, 0.25) is 0 Å². The van der Waals surface area contributed by atoms with Crippen LogP contribution in [-0.4, -0.2) is 43.9 Å². The average Bonchev–Trinajstić information content (AvgIpc) is 3.59. The first-order chi connectivity index (χ1) is 18.9. The summed E-state index contributed by atoms with van der Waals surface area (Å²) in [7, 11) is 0.0841. The van der Waals surface area contributed by atoms with E-state index in [1.54, 1.807) is 19.0 Å². The van der Waals surface area contributed by atoms with Gasteiger partial charge in [-0.05, 0) is 49.2 Å². The minimum absolute atomic E-state index is 0.105. The van der Waals surface area contributed by atoms with Crippen molar-refractivity contribution in [2.45, 2.75) is 31.1 Å². The van der Waals surface area contributed by atoms with E-state index in [4.69, 9.17) is 4.42 Å². The van der Waals surface area contributed by atoms with Crippen LogP contribution in [0.25, 0.3) is 22.2 Å². The Hall–Kier alpha value is -4.20. The number of nitrogens with zero attached hydrogens (tertiary/aromatic N) is 4. The van der Waals surface area contributed by atoms with E-state index < -0.39 is 39.9 Å². The molecule has 0 aliphatic heterocycles. The molecule has 210 valence electrons. The number of alkyl halides is 3. The summed E-state index contributed by atoms with van der Waals surface area (Å²) in [4.78, 5) is 23.7. The minimum atomic E-state index is -4.48. The number of nitrogens with one attached hydrogen (secondary N) is 1. The Labute approximate surface area is 227 Å². The molecule has 2 aromatic heterocycles. The number of hydrogen-bond acceptors (Lipinski definition) is 7. The molecule has 1 amide bonds. The molecule has 4 aromatic rings. The highest BCUT2D eigenvalue weighted by molar-refractivity contribution is 7.74. The number of hydrogen-bond donors (Lipinski definition) is 2. The summed E-state index contributed by atoms with van der Waals surface area (Å²) in [5, 5.41) is 3.06. The van der Waals surface area contributed by atoms with Crippen LogP contribution in [0.1, 0.15) is 24.1 Å². The van der Waals surface area contributed by atoms with Gasteiger partial charge in [-0.1, -0.05) is 12.1 Å². The molecule has 0 radical (unpaired) electrons. The molecule has 0 bridgehead atoms. The lowest BCUT2D eigenvalue weighted by molar-refractivity contribution is -0.137. The van der Waals surface area contributed by atoms with Crippen molar-refractivity contribution in [3.8, 4) is 11.3 Å². The number of rotatable bonds is 8. The fourth-order valence-electron chi connectivity index (χ4n) is 4.29. The summed E-state index contributed by atoms with van der Waals surface area (Å²) >= 11 is 0. The number of aromatic nitrogens is 2. The Bertz CT molecular complexity index is 1660. The van der Waals surface area contributed by atoms with Crippen molar-refractivity contribution in [3.05, 3.63) is 71.7 Å². The number of anilines is 2. The summed E-state index contributed by atoms with van der Waals surface area (Å²) in [5.74, 6) is -0.943. The Morgan fingerprint density at radius 1 is 1.05 bits per heavy atom. The van der Waals surface area contributed by atoms with E-state index in [-0.39, 0.29) is 36.8 Å². The Morgan fingerprint density at radius 3 is 2.35 bits per heavy atom. The third-order valence-corrected chi connectivity index (χ3v) is 7.40. The second kappa shape index (κ2) is 10.1. The Kier molecular flexibility index (Phi) is 6.90. The van der Waals surface area contributed by atoms with Gasteiger partial charge in [-0.15, -0.1) is 0 Å². The molecule has 0 spiro atoms. The second-order valence-electron chi connectivity index (χ2n) is 9.54. The van der Waals surface area contributed by atoms with Crippen LogP contribution in [0.3, 0.4) is 0 Å². The number of benzene rings is 2. The van der Waals surface area contributed by atoms with Gasteiger partial charge in [0.05, 0.1) is 23.5 Å². The maximum Gasteiger partial charge on any atom is 0.416 e. The van der Waals surface area contributed by atoms with E-state index in [0.717, 1.165) is 16.4 Å². The van der Waals surface area contributed by atoms with E-state index in [0.29, 0.717) is 22.3 Å². The molecular weight excluding hydrogens is 554 g/mol. The number of amides is 1. The minimum Gasteiger partial charge on any atom is -0.439 e. The monoisotopic (exact) mass is 577 g/mol. The van der Waals surface area contributed by atoms with Crippen molar-refractivity contribution >= 4 is 39.6 Å². The number of carbonyl (C=O) groups is 1. The predicted molar refractivity (Wildman–Crippen MR) is 140 cm³/mol. The third kappa shape index (κ3) is 5.30. The van der Waals surface area contributed by atoms with Crippen molar-refractivity contribution < 1.29 is 35.2 Å². The lowest BCUT2D eigenvalue weighted by Crippen LogP contribution is -2.48. The fourth-order valence-corrected chi connectivity index (χ4v) is 5.16. The zero-order valence-corrected chi connectivity index (χ0v) is 22.1. The van der Waals surface area contributed by atoms with Crippen molar-refractivity contribution in [1.82, 2.24) is 15.3 Å². The molecule has 1 saturated carbocycles. The maximum absolute atomic E-state index is 13.6. The SMILES string of the molecule is CN(C)c1nc(CNC(=O)C2(N(c3cc4cc(F)ccc4o3)[SH](=O)=O)CC2)cc(-c2ccc(C(F)(F)F)cc2)n1. The van der Waals surface area contributed by atoms with Crippen LogP contribution in [-0.2, 0) is 28.4 Å². The van der Waals surface area contributed by atoms with Crippen molar-refractivity contribution in [2.75, 3.05) is 23.3 Å². The van der Waals surface area contributed by atoms with Gasteiger partial charge < -0.3 is 14.6 Å². The normalized spacial score (nSPS) is 14.4. The molecule has 40 heavy (non-hydrogen) atoms. The standard InChI is InChI=1S/C26H23F4N5O4S/c1-34(2)24-32-19(13-20(33-24)15-3-5-17(6-4-15)26(28,29)30)14-31-23(36)25(9-10-25)35(40(37)38)22-12-16-11-18(27)7-8-21(16)39-22/h3-8,11-13,40H,9-10,14H2,1-2H3,(H,31,36). The molecule has 1 aliphatic rings. The molecule has 2 heterocycles. The quantitative estimate of drug-likeness (QED) is 0.238. The summed E-state index contributed by atoms with van der Waals surface area (Å²) in [5.41, 5.74) is -0.833. The first-order valence-corrected chi connectivity index (χ1v) is 13.2. The molecule has 1 aliphatic carbocycles. The highest BCUT2D eigenvalue weighted by Gasteiger charge is 2.57. The molecule has 1 fully saturated rings. The molecule has 5 rings (SSSR count). The van der Waals surface area contributed by atoms with E-state index in [9.17, 15) is 30.8 Å². The average molecular weight is 578 g/mol. The molecule has 2 aromatic carbocycles. The summed E-state index contributed by atoms with van der Waals surface area (Å²) in [6.07, 6.45) is -4.01. The molecule has 0 saturated heterocycles. The summed E-state index contributed by atoms with van der Waals surface area (Å²) in [6.45, 7) is -0.105. The first kappa shape index (κ1) is 27.4. The van der Waals surface area contributed by atoms with Gasteiger partial charge in [0.1, 0.15) is 16.9 Å². The Balaban J connectivity index is 1.39. The topological polar surface area (TPSA) is 109 Å². The second-order valence-corrected chi connectivity index (χ2v) is 10.4. The number of furan rings is 1. The number of thiol groups is 1. The zero-order chi connectivity index (χ0) is 28.8. The molecule has 14 heteroatoms. The molecule has 9 nitrogen and oxygen atoms in total. The largest absolute Gasteiger partial charge is 0.439 e. The van der Waals surface area contributed by atoms with Gasteiger partial charge in [0.25, 0.3) is 0 Å². The van der Waals surface area contributed by atoms with E-state index in [2.05, 4.69) is 15.3 Å². The van der Waals surface area contributed by atoms with E-state index >= 15 is 0 Å². The van der Waals surface area contributed by atoms with Gasteiger partial charge in [-0.3, -0.25) is 4.79 Å². The smallest absolute Gasteiger partial charge is 0.416 e. The van der Waals surface area contributed by atoms with Gasteiger partial charge in [0, 0.05) is 31.1 Å². The summed E-state index contributed by atoms with van der Waals surface area (Å²) in [6, 6.07) is 11.2. The first-order valence-electron chi connectivity index (χ1n) is 12.0. The lowest BCUT2D eigenvalue weighted by atomic mass is 10.1. The number of halogens is 4. The van der Waals surface area contributed by atoms with Crippen LogP contribution in [0.15, 0.2) is 59.0 Å². The van der Waals surface area contributed by atoms with Crippen molar-refractivity contribution in [1.29, 1.82) is 0 Å². The van der Waals surface area contributed by atoms with Crippen LogP contribution in [0.5, 0.6) is 0 Å². The summed E-state index contributed by atoms with van der Waals surface area (Å²) < 4.78 is 83.6. The number of fused-ring (bicyclic) bond motifs is 1. The van der Waals surface area contributed by atoms with Crippen LogP contribution >= 0.6 is 0 Å². The van der Waals surface area contributed by atoms with Crippen molar-refractivity contribution in [3.63, 3.8) is 0 Å². The van der Waals surface area contributed by atoms with Gasteiger partial charge in [0.2, 0.25) is 28.6 Å². The van der Waals surface area contributed by atoms with Crippen LogP contribution in [0.4, 0.5) is 29.4 Å². The maximum atomic E-state index is 13.6. The molecule has 1 N–H and O–H groups in total. The highest BCUT2D eigenvalue weighted by atomic mass is 32.2. The van der Waals surface area contributed by atoms with E-state index in [1.807, 2.05) is 0 Å². The Morgan fingerprint density at radius 2 is 1.75 bits per heavy atom. The fraction of sp³-hybridized carbons (Fsp3) is 0.269. The van der Waals surface area contributed by atoms with Crippen molar-refractivity contribution in [2.24, 2.45) is 0 Å². The molecule has 0 atom stereocenters. The van der Waals surface area contributed by atoms with Gasteiger partial charge >= 0.3 is 6.18 Å². The van der Waals surface area contributed by atoms with E-state index in [1.165, 1.54) is 42.5 Å². The van der Waals surface area contributed by atoms with Crippen LogP contribution in [0, 0.1) is 5.82 Å². The van der Waals surface area contributed by atoms with Gasteiger partial charge in [-0.25, -0.2) is 27.1 Å². The molecular formula is C26H23F4N5O4S. The molecule has 0 unspecified atom stereocenters. The highest BCUT2D eigenvalue weighted by Crippen LogP contribution is 2.46. The predicted octanol–water partition coefficient (Wildman–Crippen LogP) is 4.30. The lowest BCUT2D eigenvalue weighted by Gasteiger charge is -2.25. The van der Waals surface area contributed by atoms with Gasteiger partial charge in [-0.2, -0.15) is 13.2 Å². The number of carbonyl (C=O) groups excluding carboxylic acids is 1. The zero-order valence-electron chi connectivity index (χ0n) is 21.2.